The number of hydrogen-bond donors (Lipinski definition) is 1. The number of aryl methyl sites for hydroxylation is 1. The Kier molecular flexibility index (Phi) is 1.83. The van der Waals surface area contributed by atoms with Gasteiger partial charge in [-0.2, -0.15) is 0 Å². The highest BCUT2D eigenvalue weighted by molar-refractivity contribution is 5.48. The lowest BCUT2D eigenvalue weighted by atomic mass is 9.73. The summed E-state index contributed by atoms with van der Waals surface area (Å²) in [6.07, 6.45) is 3.81. The van der Waals surface area contributed by atoms with Crippen molar-refractivity contribution in [1.29, 1.82) is 0 Å². The minimum absolute atomic E-state index is 0.322. The predicted molar refractivity (Wildman–Crippen MR) is 56.8 cm³/mol. The van der Waals surface area contributed by atoms with E-state index in [4.69, 9.17) is 5.73 Å². The second-order valence-electron chi connectivity index (χ2n) is 4.65. The molecule has 70 valence electrons. The minimum Gasteiger partial charge on any atom is -0.399 e. The van der Waals surface area contributed by atoms with Crippen LogP contribution in [0.15, 0.2) is 18.2 Å². The van der Waals surface area contributed by atoms with E-state index in [9.17, 15) is 0 Å². The van der Waals surface area contributed by atoms with Gasteiger partial charge in [-0.05, 0) is 47.9 Å². The molecule has 2 rings (SSSR count). The van der Waals surface area contributed by atoms with Gasteiger partial charge in [0, 0.05) is 5.69 Å². The molecule has 1 aromatic rings. The molecule has 0 aromatic heterocycles. The van der Waals surface area contributed by atoms with E-state index in [1.54, 1.807) is 0 Å². The van der Waals surface area contributed by atoms with Crippen LogP contribution in [-0.2, 0) is 11.8 Å². The molecular formula is C12H17N. The van der Waals surface area contributed by atoms with Crippen LogP contribution < -0.4 is 5.73 Å². The quantitative estimate of drug-likeness (QED) is 0.603. The van der Waals surface area contributed by atoms with Crippen molar-refractivity contribution >= 4 is 5.69 Å². The van der Waals surface area contributed by atoms with Crippen molar-refractivity contribution in [2.75, 3.05) is 5.73 Å². The van der Waals surface area contributed by atoms with Gasteiger partial charge in [-0.25, -0.2) is 0 Å². The number of nitrogens with two attached hydrogens (primary N) is 1. The summed E-state index contributed by atoms with van der Waals surface area (Å²) in [6.45, 7) is 4.62. The normalized spacial score (nSPS) is 19.5. The highest BCUT2D eigenvalue weighted by Gasteiger charge is 2.26. The van der Waals surface area contributed by atoms with Gasteiger partial charge in [0.2, 0.25) is 0 Å². The average molecular weight is 175 g/mol. The second kappa shape index (κ2) is 2.76. The lowest BCUT2D eigenvalue weighted by Crippen LogP contribution is -2.23. The third-order valence-corrected chi connectivity index (χ3v) is 3.11. The van der Waals surface area contributed by atoms with Gasteiger partial charge < -0.3 is 5.73 Å². The Morgan fingerprint density at radius 3 is 2.85 bits per heavy atom. The van der Waals surface area contributed by atoms with Crippen LogP contribution in [0.2, 0.25) is 0 Å². The number of nitrogen functional groups attached to an aromatic ring is 1. The maximum atomic E-state index is 5.80. The van der Waals surface area contributed by atoms with Gasteiger partial charge in [-0.15, -0.1) is 0 Å². The molecule has 0 fully saturated rings. The fourth-order valence-corrected chi connectivity index (χ4v) is 2.30. The Balaban J connectivity index is 2.55. The molecule has 1 nitrogen and oxygen atoms in total. The Morgan fingerprint density at radius 2 is 2.08 bits per heavy atom. The molecule has 0 aliphatic heterocycles. The van der Waals surface area contributed by atoms with E-state index in [1.807, 2.05) is 6.07 Å². The molecule has 0 heterocycles. The summed E-state index contributed by atoms with van der Waals surface area (Å²) in [5.74, 6) is 0. The van der Waals surface area contributed by atoms with Gasteiger partial charge in [0.25, 0.3) is 0 Å². The first kappa shape index (κ1) is 8.61. The maximum Gasteiger partial charge on any atom is 0.0317 e. The number of hydrogen-bond acceptors (Lipinski definition) is 1. The van der Waals surface area contributed by atoms with Crippen molar-refractivity contribution in [2.24, 2.45) is 0 Å². The van der Waals surface area contributed by atoms with Crippen molar-refractivity contribution in [3.63, 3.8) is 0 Å². The van der Waals surface area contributed by atoms with E-state index < -0.39 is 0 Å². The molecule has 0 bridgehead atoms. The molecule has 0 saturated carbocycles. The van der Waals surface area contributed by atoms with Crippen molar-refractivity contribution in [3.05, 3.63) is 29.3 Å². The topological polar surface area (TPSA) is 26.0 Å². The molecular weight excluding hydrogens is 158 g/mol. The number of anilines is 1. The van der Waals surface area contributed by atoms with Gasteiger partial charge in [0.1, 0.15) is 0 Å². The van der Waals surface area contributed by atoms with Crippen molar-refractivity contribution in [3.8, 4) is 0 Å². The molecule has 0 saturated heterocycles. The Bertz CT molecular complexity index is 326. The molecule has 0 unspecified atom stereocenters. The summed E-state index contributed by atoms with van der Waals surface area (Å²) < 4.78 is 0. The van der Waals surface area contributed by atoms with Gasteiger partial charge >= 0.3 is 0 Å². The zero-order valence-corrected chi connectivity index (χ0v) is 8.43. The molecule has 13 heavy (non-hydrogen) atoms. The van der Waals surface area contributed by atoms with Crippen molar-refractivity contribution in [2.45, 2.75) is 38.5 Å². The van der Waals surface area contributed by atoms with Gasteiger partial charge in [-0.3, -0.25) is 0 Å². The fraction of sp³-hybridized carbons (Fsp3) is 0.500. The molecule has 1 aromatic carbocycles. The molecule has 1 aliphatic rings. The van der Waals surface area contributed by atoms with Gasteiger partial charge in [-0.1, -0.05) is 19.9 Å². The van der Waals surface area contributed by atoms with Crippen LogP contribution in [0.4, 0.5) is 5.69 Å². The Hall–Kier alpha value is -0.980. The van der Waals surface area contributed by atoms with Crippen LogP contribution in [0.1, 0.15) is 37.8 Å². The smallest absolute Gasteiger partial charge is 0.0317 e. The monoisotopic (exact) mass is 175 g/mol. The van der Waals surface area contributed by atoms with E-state index in [2.05, 4.69) is 26.0 Å². The third kappa shape index (κ3) is 1.43. The zero-order valence-electron chi connectivity index (χ0n) is 8.43. The molecule has 0 radical (unpaired) electrons. The molecule has 0 spiro atoms. The van der Waals surface area contributed by atoms with E-state index in [0.717, 1.165) is 5.69 Å². The third-order valence-electron chi connectivity index (χ3n) is 3.11. The summed E-state index contributed by atoms with van der Waals surface area (Å²) in [5, 5.41) is 0. The second-order valence-corrected chi connectivity index (χ2v) is 4.65. The highest BCUT2D eigenvalue weighted by Crippen LogP contribution is 2.37. The van der Waals surface area contributed by atoms with Crippen molar-refractivity contribution in [1.82, 2.24) is 0 Å². The van der Waals surface area contributed by atoms with Crippen LogP contribution in [0.3, 0.4) is 0 Å². The lowest BCUT2D eigenvalue weighted by molar-refractivity contribution is 0.432. The Morgan fingerprint density at radius 1 is 1.31 bits per heavy atom. The van der Waals surface area contributed by atoms with Crippen LogP contribution in [0.25, 0.3) is 0 Å². The molecule has 1 heteroatoms. The van der Waals surface area contributed by atoms with E-state index in [-0.39, 0.29) is 0 Å². The zero-order chi connectivity index (χ0) is 9.47. The van der Waals surface area contributed by atoms with Crippen molar-refractivity contribution < 1.29 is 0 Å². The fourth-order valence-electron chi connectivity index (χ4n) is 2.30. The summed E-state index contributed by atoms with van der Waals surface area (Å²) in [7, 11) is 0. The average Bonchev–Trinajstić information content (AvgIpc) is 2.06. The predicted octanol–water partition coefficient (Wildman–Crippen LogP) is 2.88. The summed E-state index contributed by atoms with van der Waals surface area (Å²) in [4.78, 5) is 0. The van der Waals surface area contributed by atoms with Crippen LogP contribution >= 0.6 is 0 Å². The largest absolute Gasteiger partial charge is 0.399 e. The maximum absolute atomic E-state index is 5.80. The van der Waals surface area contributed by atoms with Gasteiger partial charge in [0.15, 0.2) is 0 Å². The standard InChI is InChI=1S/C12H17N/c1-12(2)7-3-4-9-5-6-10(13)8-11(9)12/h5-6,8H,3-4,7,13H2,1-2H3. The first-order valence-corrected chi connectivity index (χ1v) is 4.98. The summed E-state index contributed by atoms with van der Waals surface area (Å²) in [5.41, 5.74) is 9.97. The van der Waals surface area contributed by atoms with Crippen LogP contribution in [-0.4, -0.2) is 0 Å². The number of rotatable bonds is 0. The molecule has 2 N–H and O–H groups in total. The Labute approximate surface area is 80.0 Å². The van der Waals surface area contributed by atoms with Crippen LogP contribution in [0.5, 0.6) is 0 Å². The molecule has 0 atom stereocenters. The summed E-state index contributed by atoms with van der Waals surface area (Å²) in [6, 6.07) is 6.35. The van der Waals surface area contributed by atoms with Gasteiger partial charge in [0.05, 0.1) is 0 Å². The molecule has 0 amide bonds. The minimum atomic E-state index is 0.322. The van der Waals surface area contributed by atoms with E-state index in [0.29, 0.717) is 5.41 Å². The van der Waals surface area contributed by atoms with E-state index in [1.165, 1.54) is 30.4 Å². The molecule has 1 aliphatic carbocycles. The first-order valence-electron chi connectivity index (χ1n) is 4.98. The first-order chi connectivity index (χ1) is 6.09. The van der Waals surface area contributed by atoms with Crippen LogP contribution in [0, 0.1) is 0 Å². The van der Waals surface area contributed by atoms with E-state index >= 15 is 0 Å². The number of fused-ring (bicyclic) bond motifs is 1. The summed E-state index contributed by atoms with van der Waals surface area (Å²) >= 11 is 0. The number of benzene rings is 1. The highest BCUT2D eigenvalue weighted by atomic mass is 14.5. The lowest BCUT2D eigenvalue weighted by Gasteiger charge is -2.32. The SMILES string of the molecule is CC1(C)CCCc2ccc(N)cc21.